The van der Waals surface area contributed by atoms with E-state index >= 15 is 0 Å². The second kappa shape index (κ2) is 7.59. The summed E-state index contributed by atoms with van der Waals surface area (Å²) in [5, 5.41) is 0.415. The molecular weight excluding hydrogens is 390 g/mol. The SMILES string of the molecule is O=C(c1cc(Cl)c2c(c1)OCCCO2)N1CCC[C@H](c2nc3ccccc3[nH]2)C1. The summed E-state index contributed by atoms with van der Waals surface area (Å²) < 4.78 is 11.4. The zero-order chi connectivity index (χ0) is 19.8. The molecule has 0 radical (unpaired) electrons. The lowest BCUT2D eigenvalue weighted by Gasteiger charge is -2.32. The van der Waals surface area contributed by atoms with Gasteiger partial charge in [0.1, 0.15) is 5.82 Å². The van der Waals surface area contributed by atoms with E-state index in [1.165, 1.54) is 0 Å². The number of ether oxygens (including phenoxy) is 2. The number of amides is 1. The van der Waals surface area contributed by atoms with Gasteiger partial charge >= 0.3 is 0 Å². The molecule has 29 heavy (non-hydrogen) atoms. The molecule has 2 aliphatic rings. The lowest BCUT2D eigenvalue weighted by atomic mass is 9.96. The Balaban J connectivity index is 1.38. The Morgan fingerprint density at radius 3 is 2.93 bits per heavy atom. The minimum Gasteiger partial charge on any atom is -0.489 e. The van der Waals surface area contributed by atoms with Crippen LogP contribution in [0.3, 0.4) is 0 Å². The Bertz CT molecular complexity index is 1030. The Labute approximate surface area is 173 Å². The average Bonchev–Trinajstić information content (AvgIpc) is 3.04. The first-order chi connectivity index (χ1) is 14.2. The van der Waals surface area contributed by atoms with Gasteiger partial charge in [0.2, 0.25) is 0 Å². The Kier molecular flexibility index (Phi) is 4.79. The number of H-pyrrole nitrogens is 1. The lowest BCUT2D eigenvalue weighted by molar-refractivity contribution is 0.0704. The van der Waals surface area contributed by atoms with Crippen LogP contribution in [-0.2, 0) is 0 Å². The van der Waals surface area contributed by atoms with E-state index in [2.05, 4.69) is 4.98 Å². The van der Waals surface area contributed by atoms with Gasteiger partial charge in [-0.15, -0.1) is 0 Å². The molecule has 1 aromatic heterocycles. The van der Waals surface area contributed by atoms with Crippen molar-refractivity contribution in [2.45, 2.75) is 25.2 Å². The predicted molar refractivity (Wildman–Crippen MR) is 111 cm³/mol. The van der Waals surface area contributed by atoms with E-state index < -0.39 is 0 Å². The summed E-state index contributed by atoms with van der Waals surface area (Å²) in [4.78, 5) is 23.2. The molecule has 0 spiro atoms. The van der Waals surface area contributed by atoms with E-state index in [-0.39, 0.29) is 11.8 Å². The van der Waals surface area contributed by atoms with Crippen LogP contribution in [0.2, 0.25) is 5.02 Å². The molecule has 0 aliphatic carbocycles. The van der Waals surface area contributed by atoms with Crippen molar-refractivity contribution in [3.8, 4) is 11.5 Å². The summed E-state index contributed by atoms with van der Waals surface area (Å²) in [6, 6.07) is 11.4. The molecule has 150 valence electrons. The molecule has 7 heteroatoms. The number of para-hydroxylation sites is 2. The van der Waals surface area contributed by atoms with Crippen molar-refractivity contribution in [2.75, 3.05) is 26.3 Å². The normalized spacial score (nSPS) is 19.2. The number of imidazole rings is 1. The van der Waals surface area contributed by atoms with Crippen LogP contribution in [0.5, 0.6) is 11.5 Å². The lowest BCUT2D eigenvalue weighted by Crippen LogP contribution is -2.39. The van der Waals surface area contributed by atoms with Crippen molar-refractivity contribution in [1.29, 1.82) is 0 Å². The molecule has 2 aromatic carbocycles. The van der Waals surface area contributed by atoms with Crippen LogP contribution in [0.25, 0.3) is 11.0 Å². The molecule has 0 unspecified atom stereocenters. The minimum absolute atomic E-state index is 0.0386. The highest BCUT2D eigenvalue weighted by molar-refractivity contribution is 6.32. The number of hydrogen-bond acceptors (Lipinski definition) is 4. The monoisotopic (exact) mass is 411 g/mol. The molecule has 3 aromatic rings. The van der Waals surface area contributed by atoms with Crippen LogP contribution in [0.4, 0.5) is 0 Å². The number of piperidine rings is 1. The number of likely N-dealkylation sites (tertiary alicyclic amines) is 1. The largest absolute Gasteiger partial charge is 0.489 e. The van der Waals surface area contributed by atoms with E-state index in [0.29, 0.717) is 41.8 Å². The maximum absolute atomic E-state index is 13.2. The van der Waals surface area contributed by atoms with Crippen molar-refractivity contribution in [2.24, 2.45) is 0 Å². The fourth-order valence-electron chi connectivity index (χ4n) is 4.09. The standard InChI is InChI=1S/C22H22ClN3O3/c23-16-11-15(12-19-20(16)29-10-4-9-28-19)22(27)26-8-3-5-14(13-26)21-24-17-6-1-2-7-18(17)25-21/h1-2,6-7,11-12,14H,3-5,8-10,13H2,(H,24,25)/t14-/m0/s1. The van der Waals surface area contributed by atoms with Crippen molar-refractivity contribution in [3.63, 3.8) is 0 Å². The van der Waals surface area contributed by atoms with Gasteiger partial charge in [0.25, 0.3) is 5.91 Å². The molecule has 1 amide bonds. The topological polar surface area (TPSA) is 67.5 Å². The minimum atomic E-state index is -0.0386. The van der Waals surface area contributed by atoms with Crippen molar-refractivity contribution in [1.82, 2.24) is 14.9 Å². The van der Waals surface area contributed by atoms with Gasteiger partial charge in [-0.25, -0.2) is 4.98 Å². The van der Waals surface area contributed by atoms with Gasteiger partial charge in [-0.05, 0) is 37.1 Å². The molecule has 6 nitrogen and oxygen atoms in total. The van der Waals surface area contributed by atoms with E-state index in [1.54, 1.807) is 12.1 Å². The summed E-state index contributed by atoms with van der Waals surface area (Å²) in [7, 11) is 0. The third-order valence-corrected chi connectivity index (χ3v) is 5.83. The summed E-state index contributed by atoms with van der Waals surface area (Å²) >= 11 is 6.38. The maximum atomic E-state index is 13.2. The highest BCUT2D eigenvalue weighted by Crippen LogP contribution is 2.38. The first-order valence-electron chi connectivity index (χ1n) is 10.0. The number of aromatic amines is 1. The van der Waals surface area contributed by atoms with E-state index in [9.17, 15) is 4.79 Å². The van der Waals surface area contributed by atoms with E-state index in [1.807, 2.05) is 29.2 Å². The Hall–Kier alpha value is -2.73. The Morgan fingerprint density at radius 1 is 1.17 bits per heavy atom. The number of carbonyl (C=O) groups is 1. The summed E-state index contributed by atoms with van der Waals surface area (Å²) in [5.74, 6) is 2.17. The van der Waals surface area contributed by atoms with Gasteiger partial charge in [0.05, 0.1) is 29.3 Å². The number of fused-ring (bicyclic) bond motifs is 2. The number of halogens is 1. The smallest absolute Gasteiger partial charge is 0.254 e. The molecule has 5 rings (SSSR count). The van der Waals surface area contributed by atoms with Gasteiger partial charge in [-0.1, -0.05) is 23.7 Å². The number of nitrogens with one attached hydrogen (secondary N) is 1. The first-order valence-corrected chi connectivity index (χ1v) is 10.4. The molecule has 1 N–H and O–H groups in total. The molecule has 2 aliphatic heterocycles. The number of carbonyl (C=O) groups excluding carboxylic acids is 1. The van der Waals surface area contributed by atoms with Crippen molar-refractivity contribution < 1.29 is 14.3 Å². The summed E-state index contributed by atoms with van der Waals surface area (Å²) in [5.41, 5.74) is 2.52. The van der Waals surface area contributed by atoms with E-state index in [0.717, 1.165) is 42.7 Å². The number of rotatable bonds is 2. The zero-order valence-corrected chi connectivity index (χ0v) is 16.7. The number of aromatic nitrogens is 2. The predicted octanol–water partition coefficient (Wildman–Crippen LogP) is 4.40. The van der Waals surface area contributed by atoms with Crippen LogP contribution in [0.1, 0.15) is 41.4 Å². The molecule has 3 heterocycles. The average molecular weight is 412 g/mol. The highest BCUT2D eigenvalue weighted by atomic mass is 35.5. The van der Waals surface area contributed by atoms with Crippen LogP contribution in [0.15, 0.2) is 36.4 Å². The molecule has 0 bridgehead atoms. The fraction of sp³-hybridized carbons (Fsp3) is 0.364. The number of nitrogens with zero attached hydrogens (tertiary/aromatic N) is 2. The van der Waals surface area contributed by atoms with Crippen LogP contribution >= 0.6 is 11.6 Å². The molecular formula is C22H22ClN3O3. The van der Waals surface area contributed by atoms with Crippen molar-refractivity contribution >= 4 is 28.5 Å². The third kappa shape index (κ3) is 3.53. The van der Waals surface area contributed by atoms with Gasteiger partial charge in [0.15, 0.2) is 11.5 Å². The second-order valence-electron chi connectivity index (χ2n) is 7.57. The molecule has 0 saturated carbocycles. The maximum Gasteiger partial charge on any atom is 0.254 e. The molecule has 1 saturated heterocycles. The zero-order valence-electron chi connectivity index (χ0n) is 16.0. The van der Waals surface area contributed by atoms with Gasteiger partial charge in [-0.3, -0.25) is 4.79 Å². The van der Waals surface area contributed by atoms with Crippen LogP contribution in [0, 0.1) is 0 Å². The van der Waals surface area contributed by atoms with Crippen LogP contribution < -0.4 is 9.47 Å². The third-order valence-electron chi connectivity index (χ3n) is 5.55. The number of benzene rings is 2. The second-order valence-corrected chi connectivity index (χ2v) is 7.97. The van der Waals surface area contributed by atoms with Crippen LogP contribution in [-0.4, -0.2) is 47.1 Å². The van der Waals surface area contributed by atoms with Gasteiger partial charge < -0.3 is 19.4 Å². The fourth-order valence-corrected chi connectivity index (χ4v) is 4.35. The molecule has 1 atom stereocenters. The van der Waals surface area contributed by atoms with Gasteiger partial charge in [0, 0.05) is 31.0 Å². The van der Waals surface area contributed by atoms with Gasteiger partial charge in [-0.2, -0.15) is 0 Å². The quantitative estimate of drug-likeness (QED) is 0.678. The number of hydrogen-bond donors (Lipinski definition) is 1. The molecule has 1 fully saturated rings. The van der Waals surface area contributed by atoms with E-state index in [4.69, 9.17) is 26.1 Å². The summed E-state index contributed by atoms with van der Waals surface area (Å²) in [6.07, 6.45) is 2.73. The van der Waals surface area contributed by atoms with Crippen molar-refractivity contribution in [3.05, 3.63) is 52.8 Å². The first kappa shape index (κ1) is 18.3. The summed E-state index contributed by atoms with van der Waals surface area (Å²) in [6.45, 7) is 2.47. The Morgan fingerprint density at radius 2 is 2.03 bits per heavy atom. The highest BCUT2D eigenvalue weighted by Gasteiger charge is 2.28.